The van der Waals surface area contributed by atoms with Crippen LogP contribution < -0.4 is 11.1 Å². The first-order chi connectivity index (χ1) is 7.67. The van der Waals surface area contributed by atoms with Crippen LogP contribution in [0.25, 0.3) is 0 Å². The average Bonchev–Trinajstić information content (AvgIpc) is 2.59. The van der Waals surface area contributed by atoms with Crippen molar-refractivity contribution in [1.29, 1.82) is 0 Å². The van der Waals surface area contributed by atoms with E-state index in [0.717, 1.165) is 24.8 Å². The Morgan fingerprint density at radius 3 is 2.94 bits per heavy atom. The van der Waals surface area contributed by atoms with Gasteiger partial charge in [0.15, 0.2) is 5.82 Å². The number of hydrogen-bond donors (Lipinski definition) is 2. The van der Waals surface area contributed by atoms with Crippen molar-refractivity contribution in [2.24, 2.45) is 12.8 Å². The molecule has 0 aromatic carbocycles. The summed E-state index contributed by atoms with van der Waals surface area (Å²) < 4.78 is 1.66. The van der Waals surface area contributed by atoms with Gasteiger partial charge in [-0.2, -0.15) is 5.10 Å². The molecule has 0 radical (unpaired) electrons. The number of anilines is 1. The Kier molecular flexibility index (Phi) is 4.98. The fraction of sp³-hybridized carbons (Fsp3) is 0.636. The molecular formula is C11H20N4O. The van der Waals surface area contributed by atoms with Crippen LogP contribution in [-0.2, 0) is 18.4 Å². The van der Waals surface area contributed by atoms with Gasteiger partial charge in [0.2, 0.25) is 5.91 Å². The molecule has 0 aliphatic carbocycles. The second-order valence-corrected chi connectivity index (χ2v) is 3.89. The second kappa shape index (κ2) is 6.27. The minimum absolute atomic E-state index is 0.0156. The third-order valence-corrected chi connectivity index (χ3v) is 2.39. The number of unbranched alkanes of at least 4 members (excludes halogenated alkanes) is 2. The van der Waals surface area contributed by atoms with Gasteiger partial charge in [-0.3, -0.25) is 9.48 Å². The second-order valence-electron chi connectivity index (χ2n) is 3.89. The fourth-order valence-electron chi connectivity index (χ4n) is 1.52. The lowest BCUT2D eigenvalue weighted by Crippen LogP contribution is -2.13. The zero-order valence-electron chi connectivity index (χ0n) is 9.99. The van der Waals surface area contributed by atoms with Crippen LogP contribution in [0, 0.1) is 0 Å². The van der Waals surface area contributed by atoms with E-state index in [1.54, 1.807) is 4.68 Å². The summed E-state index contributed by atoms with van der Waals surface area (Å²) in [4.78, 5) is 11.6. The summed E-state index contributed by atoms with van der Waals surface area (Å²) in [5.74, 6) is 0.605. The monoisotopic (exact) mass is 224 g/mol. The van der Waals surface area contributed by atoms with Gasteiger partial charge in [-0.1, -0.05) is 19.8 Å². The molecular weight excluding hydrogens is 204 g/mol. The molecule has 0 spiro atoms. The van der Waals surface area contributed by atoms with Crippen molar-refractivity contribution in [2.75, 3.05) is 5.32 Å². The molecule has 0 saturated carbocycles. The summed E-state index contributed by atoms with van der Waals surface area (Å²) in [5, 5.41) is 6.94. The van der Waals surface area contributed by atoms with E-state index in [1.165, 1.54) is 0 Å². The highest BCUT2D eigenvalue weighted by Gasteiger charge is 2.09. The Balaban J connectivity index is 2.48. The average molecular weight is 224 g/mol. The Bertz CT molecular complexity index is 346. The number of carbonyl (C=O) groups excluding carboxylic acids is 1. The van der Waals surface area contributed by atoms with Gasteiger partial charge in [0.25, 0.3) is 0 Å². The quantitative estimate of drug-likeness (QED) is 0.717. The van der Waals surface area contributed by atoms with Gasteiger partial charge in [-0.05, 0) is 6.42 Å². The van der Waals surface area contributed by atoms with Gasteiger partial charge in [0.1, 0.15) is 0 Å². The summed E-state index contributed by atoms with van der Waals surface area (Å²) >= 11 is 0. The molecule has 5 nitrogen and oxygen atoms in total. The first-order valence-corrected chi connectivity index (χ1v) is 5.69. The van der Waals surface area contributed by atoms with Gasteiger partial charge in [-0.15, -0.1) is 0 Å². The Morgan fingerprint density at radius 2 is 2.31 bits per heavy atom. The van der Waals surface area contributed by atoms with Gasteiger partial charge >= 0.3 is 0 Å². The van der Waals surface area contributed by atoms with E-state index in [2.05, 4.69) is 17.3 Å². The zero-order valence-corrected chi connectivity index (χ0v) is 9.99. The van der Waals surface area contributed by atoms with Crippen LogP contribution in [0.3, 0.4) is 0 Å². The van der Waals surface area contributed by atoms with E-state index in [0.29, 0.717) is 18.8 Å². The maximum Gasteiger partial charge on any atom is 0.225 e. The number of hydrogen-bond acceptors (Lipinski definition) is 3. The van der Waals surface area contributed by atoms with Crippen molar-refractivity contribution in [3.05, 3.63) is 11.8 Å². The van der Waals surface area contributed by atoms with Crippen LogP contribution in [-0.4, -0.2) is 15.7 Å². The molecule has 0 aliphatic rings. The molecule has 0 fully saturated rings. The van der Waals surface area contributed by atoms with E-state index < -0.39 is 0 Å². The van der Waals surface area contributed by atoms with Crippen molar-refractivity contribution in [1.82, 2.24) is 9.78 Å². The Hall–Kier alpha value is -1.36. The minimum Gasteiger partial charge on any atom is -0.326 e. The molecule has 0 atom stereocenters. The predicted molar refractivity (Wildman–Crippen MR) is 63.9 cm³/mol. The van der Waals surface area contributed by atoms with Crippen molar-refractivity contribution >= 4 is 11.7 Å². The Morgan fingerprint density at radius 1 is 1.56 bits per heavy atom. The first kappa shape index (κ1) is 12.7. The number of aromatic nitrogens is 2. The van der Waals surface area contributed by atoms with E-state index in [4.69, 9.17) is 5.73 Å². The third kappa shape index (κ3) is 3.66. The maximum atomic E-state index is 11.6. The van der Waals surface area contributed by atoms with Gasteiger partial charge < -0.3 is 11.1 Å². The summed E-state index contributed by atoms with van der Waals surface area (Å²) in [6.45, 7) is 2.50. The number of aryl methyl sites for hydroxylation is 1. The van der Waals surface area contributed by atoms with E-state index in [1.807, 2.05) is 13.2 Å². The molecule has 0 bridgehead atoms. The third-order valence-electron chi connectivity index (χ3n) is 2.39. The molecule has 1 aromatic heterocycles. The van der Waals surface area contributed by atoms with E-state index in [-0.39, 0.29) is 5.91 Å². The zero-order chi connectivity index (χ0) is 12.0. The van der Waals surface area contributed by atoms with E-state index >= 15 is 0 Å². The number of nitrogens with zero attached hydrogens (tertiary/aromatic N) is 2. The highest BCUT2D eigenvalue weighted by atomic mass is 16.1. The number of amides is 1. The molecule has 5 heteroatoms. The van der Waals surface area contributed by atoms with Gasteiger partial charge in [0.05, 0.1) is 0 Å². The molecule has 90 valence electrons. The van der Waals surface area contributed by atoms with Crippen molar-refractivity contribution in [3.63, 3.8) is 0 Å². The largest absolute Gasteiger partial charge is 0.326 e. The molecule has 1 rings (SSSR count). The smallest absolute Gasteiger partial charge is 0.225 e. The lowest BCUT2D eigenvalue weighted by Gasteiger charge is -2.03. The van der Waals surface area contributed by atoms with Crippen molar-refractivity contribution < 1.29 is 4.79 Å². The normalized spacial score (nSPS) is 10.4. The van der Waals surface area contributed by atoms with Crippen LogP contribution >= 0.6 is 0 Å². The lowest BCUT2D eigenvalue weighted by atomic mass is 10.2. The standard InChI is InChI=1S/C11H20N4O/c1-3-4-5-6-10(16)13-11-9(7-12)8-15(2)14-11/h8H,3-7,12H2,1-2H3,(H,13,14,16). The Labute approximate surface area is 96.0 Å². The lowest BCUT2D eigenvalue weighted by molar-refractivity contribution is -0.116. The fourth-order valence-corrected chi connectivity index (χ4v) is 1.52. The molecule has 16 heavy (non-hydrogen) atoms. The molecule has 0 unspecified atom stereocenters. The summed E-state index contributed by atoms with van der Waals surface area (Å²) in [6.07, 6.45) is 5.49. The summed E-state index contributed by atoms with van der Waals surface area (Å²) in [5.41, 5.74) is 6.42. The maximum absolute atomic E-state index is 11.6. The predicted octanol–water partition coefficient (Wildman–Crippen LogP) is 1.40. The number of rotatable bonds is 6. The summed E-state index contributed by atoms with van der Waals surface area (Å²) in [6, 6.07) is 0. The number of nitrogens with one attached hydrogen (secondary N) is 1. The van der Waals surface area contributed by atoms with E-state index in [9.17, 15) is 4.79 Å². The minimum atomic E-state index is 0.0156. The van der Waals surface area contributed by atoms with Crippen LogP contribution in [0.2, 0.25) is 0 Å². The van der Waals surface area contributed by atoms with Crippen LogP contribution in [0.4, 0.5) is 5.82 Å². The van der Waals surface area contributed by atoms with Crippen LogP contribution in [0.1, 0.15) is 38.2 Å². The van der Waals surface area contributed by atoms with Crippen LogP contribution in [0.15, 0.2) is 6.20 Å². The van der Waals surface area contributed by atoms with Gasteiger partial charge in [0, 0.05) is 31.8 Å². The molecule has 0 aliphatic heterocycles. The first-order valence-electron chi connectivity index (χ1n) is 5.69. The highest BCUT2D eigenvalue weighted by Crippen LogP contribution is 2.12. The molecule has 1 amide bonds. The SMILES string of the molecule is CCCCCC(=O)Nc1nn(C)cc1CN. The number of carbonyl (C=O) groups is 1. The van der Waals surface area contributed by atoms with Crippen LogP contribution in [0.5, 0.6) is 0 Å². The number of nitrogens with two attached hydrogens (primary N) is 1. The van der Waals surface area contributed by atoms with Gasteiger partial charge in [-0.25, -0.2) is 0 Å². The molecule has 1 heterocycles. The summed E-state index contributed by atoms with van der Waals surface area (Å²) in [7, 11) is 1.81. The topological polar surface area (TPSA) is 72.9 Å². The molecule has 3 N–H and O–H groups in total. The highest BCUT2D eigenvalue weighted by molar-refractivity contribution is 5.90. The van der Waals surface area contributed by atoms with Crippen molar-refractivity contribution in [2.45, 2.75) is 39.2 Å². The molecule has 1 aromatic rings. The molecule has 0 saturated heterocycles. The van der Waals surface area contributed by atoms with Crippen molar-refractivity contribution in [3.8, 4) is 0 Å².